The lowest BCUT2D eigenvalue weighted by atomic mass is 10.3. The minimum absolute atomic E-state index is 0.406. The summed E-state index contributed by atoms with van der Waals surface area (Å²) in [6, 6.07) is 5.34. The van der Waals surface area contributed by atoms with Crippen LogP contribution in [0.2, 0.25) is 0 Å². The molecule has 14 heavy (non-hydrogen) atoms. The first-order valence-corrected chi connectivity index (χ1v) is 4.46. The Bertz CT molecular complexity index is 324. The average Bonchev–Trinajstić information content (AvgIpc) is 2.25. The maximum atomic E-state index is 8.51. The number of nitrogens with zero attached hydrogens (tertiary/aromatic N) is 2. The van der Waals surface area contributed by atoms with Gasteiger partial charge in [0, 0.05) is 0 Å². The van der Waals surface area contributed by atoms with E-state index in [0.717, 1.165) is 12.8 Å². The van der Waals surface area contributed by atoms with Gasteiger partial charge in [0.1, 0.15) is 17.5 Å². The highest BCUT2D eigenvalue weighted by Crippen LogP contribution is 2.09. The van der Waals surface area contributed by atoms with Crippen molar-refractivity contribution in [3.63, 3.8) is 0 Å². The fraction of sp³-hybridized carbons (Fsp3) is 0.273. The van der Waals surface area contributed by atoms with E-state index in [1.54, 1.807) is 18.3 Å². The molecule has 0 aliphatic heterocycles. The molecule has 1 rings (SSSR count). The fourth-order valence-electron chi connectivity index (χ4n) is 0.950. The van der Waals surface area contributed by atoms with Crippen molar-refractivity contribution >= 4 is 0 Å². The van der Waals surface area contributed by atoms with Crippen LogP contribution < -0.4 is 4.74 Å². The summed E-state index contributed by atoms with van der Waals surface area (Å²) in [6.07, 6.45) is 5.32. The molecule has 1 aromatic heterocycles. The van der Waals surface area contributed by atoms with Crippen LogP contribution in [0.3, 0.4) is 0 Å². The highest BCUT2D eigenvalue weighted by molar-refractivity contribution is 5.26. The van der Waals surface area contributed by atoms with Gasteiger partial charge in [-0.25, -0.2) is 4.98 Å². The third kappa shape index (κ3) is 3.28. The Morgan fingerprint density at radius 1 is 1.57 bits per heavy atom. The summed E-state index contributed by atoms with van der Waals surface area (Å²) in [5.74, 6) is 0.702. The van der Waals surface area contributed by atoms with Crippen LogP contribution >= 0.6 is 0 Å². The van der Waals surface area contributed by atoms with Crippen LogP contribution in [-0.2, 0) is 0 Å². The van der Waals surface area contributed by atoms with Crippen LogP contribution in [0.5, 0.6) is 5.75 Å². The van der Waals surface area contributed by atoms with E-state index < -0.39 is 0 Å². The summed E-state index contributed by atoms with van der Waals surface area (Å²) in [7, 11) is 0. The number of unbranched alkanes of at least 4 members (excludes halogenated alkanes) is 1. The van der Waals surface area contributed by atoms with E-state index in [1.807, 2.05) is 12.1 Å². The van der Waals surface area contributed by atoms with Gasteiger partial charge in [0.25, 0.3) is 0 Å². The molecular weight excluding hydrogens is 176 g/mol. The van der Waals surface area contributed by atoms with Gasteiger partial charge in [0.05, 0.1) is 12.8 Å². The molecule has 0 fully saturated rings. The van der Waals surface area contributed by atoms with E-state index in [-0.39, 0.29) is 0 Å². The normalized spacial score (nSPS) is 9.07. The zero-order chi connectivity index (χ0) is 10.2. The van der Waals surface area contributed by atoms with Gasteiger partial charge in [-0.1, -0.05) is 6.08 Å². The summed E-state index contributed by atoms with van der Waals surface area (Å²) < 4.78 is 5.39. The van der Waals surface area contributed by atoms with Crippen LogP contribution in [0.25, 0.3) is 0 Å². The molecule has 0 aliphatic carbocycles. The topological polar surface area (TPSA) is 45.9 Å². The van der Waals surface area contributed by atoms with Crippen LogP contribution in [0.1, 0.15) is 18.5 Å². The summed E-state index contributed by atoms with van der Waals surface area (Å²) in [6.45, 7) is 4.28. The first kappa shape index (κ1) is 10.3. The van der Waals surface area contributed by atoms with Crippen molar-refractivity contribution in [1.29, 1.82) is 5.26 Å². The largest absolute Gasteiger partial charge is 0.492 e. The lowest BCUT2D eigenvalue weighted by molar-refractivity contribution is 0.311. The molecule has 0 amide bonds. The third-order valence-corrected chi connectivity index (χ3v) is 1.67. The number of pyridine rings is 1. The summed E-state index contributed by atoms with van der Waals surface area (Å²) >= 11 is 0. The van der Waals surface area contributed by atoms with E-state index in [2.05, 4.69) is 11.6 Å². The van der Waals surface area contributed by atoms with E-state index in [1.165, 1.54) is 0 Å². The Hall–Kier alpha value is -1.82. The number of hydrogen-bond acceptors (Lipinski definition) is 3. The van der Waals surface area contributed by atoms with Crippen molar-refractivity contribution in [1.82, 2.24) is 4.98 Å². The van der Waals surface area contributed by atoms with E-state index in [9.17, 15) is 0 Å². The predicted octanol–water partition coefficient (Wildman–Crippen LogP) is 2.30. The van der Waals surface area contributed by atoms with E-state index in [0.29, 0.717) is 18.1 Å². The van der Waals surface area contributed by atoms with Gasteiger partial charge in [0.15, 0.2) is 0 Å². The van der Waals surface area contributed by atoms with Gasteiger partial charge in [-0.05, 0) is 25.0 Å². The molecule has 0 bridgehead atoms. The molecular formula is C11H12N2O. The highest BCUT2D eigenvalue weighted by Gasteiger charge is 1.94. The summed E-state index contributed by atoms with van der Waals surface area (Å²) in [5.41, 5.74) is 0.406. The van der Waals surface area contributed by atoms with Crippen molar-refractivity contribution in [2.45, 2.75) is 12.8 Å². The van der Waals surface area contributed by atoms with Crippen LogP contribution in [0, 0.1) is 11.3 Å². The second kappa shape index (κ2) is 5.76. The quantitative estimate of drug-likeness (QED) is 0.526. The first-order valence-electron chi connectivity index (χ1n) is 4.46. The van der Waals surface area contributed by atoms with Gasteiger partial charge in [-0.15, -0.1) is 6.58 Å². The number of hydrogen-bond donors (Lipinski definition) is 0. The molecule has 0 saturated heterocycles. The Morgan fingerprint density at radius 3 is 3.00 bits per heavy atom. The number of rotatable bonds is 5. The van der Waals surface area contributed by atoms with E-state index in [4.69, 9.17) is 10.00 Å². The Balaban J connectivity index is 2.37. The molecule has 0 saturated carbocycles. The van der Waals surface area contributed by atoms with Crippen LogP contribution in [-0.4, -0.2) is 11.6 Å². The van der Waals surface area contributed by atoms with Gasteiger partial charge in [-0.2, -0.15) is 5.26 Å². The number of allylic oxidation sites excluding steroid dienone is 1. The lowest BCUT2D eigenvalue weighted by Gasteiger charge is -2.03. The maximum absolute atomic E-state index is 8.51. The number of nitriles is 1. The molecule has 0 unspecified atom stereocenters. The Kier molecular flexibility index (Phi) is 4.22. The standard InChI is InChI=1S/C11H12N2O/c1-2-3-4-7-14-11-6-5-10(8-12)13-9-11/h2,5-6,9H,1,3-4,7H2. The number of ether oxygens (including phenoxy) is 1. The SMILES string of the molecule is C=CCCCOc1ccc(C#N)nc1. The minimum atomic E-state index is 0.406. The summed E-state index contributed by atoms with van der Waals surface area (Å²) in [4.78, 5) is 3.89. The average molecular weight is 188 g/mol. The summed E-state index contributed by atoms with van der Waals surface area (Å²) in [5, 5.41) is 8.51. The molecule has 72 valence electrons. The molecule has 0 aromatic carbocycles. The second-order valence-corrected chi connectivity index (χ2v) is 2.77. The van der Waals surface area contributed by atoms with Crippen LogP contribution in [0.15, 0.2) is 31.0 Å². The molecule has 3 nitrogen and oxygen atoms in total. The monoisotopic (exact) mass is 188 g/mol. The minimum Gasteiger partial charge on any atom is -0.492 e. The van der Waals surface area contributed by atoms with Gasteiger partial charge in [-0.3, -0.25) is 0 Å². The van der Waals surface area contributed by atoms with E-state index >= 15 is 0 Å². The van der Waals surface area contributed by atoms with Crippen molar-refractivity contribution < 1.29 is 4.74 Å². The highest BCUT2D eigenvalue weighted by atomic mass is 16.5. The molecule has 0 N–H and O–H groups in total. The van der Waals surface area contributed by atoms with Crippen molar-refractivity contribution in [2.24, 2.45) is 0 Å². The van der Waals surface area contributed by atoms with Gasteiger partial charge in [0.2, 0.25) is 0 Å². The molecule has 0 atom stereocenters. The Labute approximate surface area is 83.7 Å². The zero-order valence-corrected chi connectivity index (χ0v) is 7.94. The predicted molar refractivity (Wildman–Crippen MR) is 53.9 cm³/mol. The third-order valence-electron chi connectivity index (χ3n) is 1.67. The molecule has 3 heteroatoms. The number of aromatic nitrogens is 1. The van der Waals surface area contributed by atoms with Crippen molar-refractivity contribution in [3.8, 4) is 11.8 Å². The lowest BCUT2D eigenvalue weighted by Crippen LogP contribution is -1.97. The molecule has 1 aromatic rings. The smallest absolute Gasteiger partial charge is 0.140 e. The molecule has 1 heterocycles. The second-order valence-electron chi connectivity index (χ2n) is 2.77. The maximum Gasteiger partial charge on any atom is 0.140 e. The van der Waals surface area contributed by atoms with Crippen LogP contribution in [0.4, 0.5) is 0 Å². The van der Waals surface area contributed by atoms with Gasteiger partial charge < -0.3 is 4.74 Å². The first-order chi connectivity index (χ1) is 6.86. The Morgan fingerprint density at radius 2 is 2.43 bits per heavy atom. The van der Waals surface area contributed by atoms with Crippen molar-refractivity contribution in [2.75, 3.05) is 6.61 Å². The van der Waals surface area contributed by atoms with Gasteiger partial charge >= 0.3 is 0 Å². The molecule has 0 aliphatic rings. The van der Waals surface area contributed by atoms with Crippen molar-refractivity contribution in [3.05, 3.63) is 36.7 Å². The molecule has 0 spiro atoms. The fourth-order valence-corrected chi connectivity index (χ4v) is 0.950. The molecule has 0 radical (unpaired) electrons. The zero-order valence-electron chi connectivity index (χ0n) is 7.94.